The average molecular weight is 441 g/mol. The average Bonchev–Trinajstić information content (AvgIpc) is 2.80. The Balaban J connectivity index is 1.60. The summed E-state index contributed by atoms with van der Waals surface area (Å²) in [6.45, 7) is 2.67. The summed E-state index contributed by atoms with van der Waals surface area (Å²) < 4.78 is 5.32. The summed E-state index contributed by atoms with van der Waals surface area (Å²) in [4.78, 5) is 24.0. The van der Waals surface area contributed by atoms with Crippen LogP contribution in [0.2, 0.25) is 5.02 Å². The van der Waals surface area contributed by atoms with Crippen LogP contribution in [0.5, 0.6) is 5.75 Å². The zero-order valence-electron chi connectivity index (χ0n) is 16.9. The van der Waals surface area contributed by atoms with E-state index in [1.165, 1.54) is 13.4 Å². The van der Waals surface area contributed by atoms with Gasteiger partial charge < -0.3 is 19.9 Å². The third-order valence-electron chi connectivity index (χ3n) is 5.10. The first-order valence-corrected chi connectivity index (χ1v) is 10.1. The van der Waals surface area contributed by atoms with E-state index in [1.54, 1.807) is 18.2 Å². The number of nitrogens with one attached hydrogen (secondary N) is 1. The second-order valence-corrected chi connectivity index (χ2v) is 7.37. The Morgan fingerprint density at radius 3 is 2.45 bits per heavy atom. The summed E-state index contributed by atoms with van der Waals surface area (Å²) in [5.74, 6) is 0.868. The minimum Gasteiger partial charge on any atom is -0.495 e. The van der Waals surface area contributed by atoms with Crippen molar-refractivity contribution in [2.75, 3.05) is 48.4 Å². The van der Waals surface area contributed by atoms with E-state index in [1.807, 2.05) is 23.1 Å². The van der Waals surface area contributed by atoms with E-state index in [9.17, 15) is 10.1 Å². The lowest BCUT2D eigenvalue weighted by Crippen LogP contribution is -2.47. The Hall–Kier alpha value is -3.59. The molecule has 160 valence electrons. The standard InChI is InChI=1S/C21H21ClN6O3/c1-31-18-8-7-15(22)13-17(18)25-20-19(28(29)30)21(24-14-23-20)27-11-9-26(10-12-27)16-5-3-2-4-6-16/h2-8,13-14H,9-12H2,1H3,(H,23,24,25). The minimum absolute atomic E-state index is 0.0843. The molecule has 1 aliphatic heterocycles. The van der Waals surface area contributed by atoms with Crippen molar-refractivity contribution in [3.05, 3.63) is 70.0 Å². The highest BCUT2D eigenvalue weighted by molar-refractivity contribution is 6.31. The highest BCUT2D eigenvalue weighted by atomic mass is 35.5. The third kappa shape index (κ3) is 4.46. The van der Waals surface area contributed by atoms with Crippen LogP contribution in [0.4, 0.5) is 28.7 Å². The van der Waals surface area contributed by atoms with Crippen LogP contribution in [0.1, 0.15) is 0 Å². The minimum atomic E-state index is -0.460. The van der Waals surface area contributed by atoms with Crippen molar-refractivity contribution in [1.29, 1.82) is 0 Å². The van der Waals surface area contributed by atoms with E-state index in [-0.39, 0.29) is 17.3 Å². The lowest BCUT2D eigenvalue weighted by Gasteiger charge is -2.36. The lowest BCUT2D eigenvalue weighted by atomic mass is 10.2. The van der Waals surface area contributed by atoms with Crippen LogP contribution in [-0.4, -0.2) is 48.2 Å². The van der Waals surface area contributed by atoms with Crippen LogP contribution in [0, 0.1) is 10.1 Å². The van der Waals surface area contributed by atoms with Crippen LogP contribution in [-0.2, 0) is 0 Å². The summed E-state index contributed by atoms with van der Waals surface area (Å²) in [7, 11) is 1.51. The number of hydrogen-bond donors (Lipinski definition) is 1. The fraction of sp³-hybridized carbons (Fsp3) is 0.238. The van der Waals surface area contributed by atoms with Crippen molar-refractivity contribution in [2.45, 2.75) is 0 Å². The maximum atomic E-state index is 12.0. The van der Waals surface area contributed by atoms with Gasteiger partial charge in [-0.05, 0) is 30.3 Å². The van der Waals surface area contributed by atoms with Gasteiger partial charge in [-0.25, -0.2) is 9.97 Å². The molecule has 3 aromatic rings. The largest absolute Gasteiger partial charge is 0.495 e. The molecule has 1 fully saturated rings. The van der Waals surface area contributed by atoms with Crippen LogP contribution in [0.15, 0.2) is 54.9 Å². The molecule has 1 aliphatic rings. The van der Waals surface area contributed by atoms with Gasteiger partial charge in [0.1, 0.15) is 12.1 Å². The number of benzene rings is 2. The number of halogens is 1. The number of rotatable bonds is 6. The number of hydrogen-bond acceptors (Lipinski definition) is 8. The molecule has 0 amide bonds. The normalized spacial score (nSPS) is 13.7. The van der Waals surface area contributed by atoms with Crippen molar-refractivity contribution in [3.8, 4) is 5.75 Å². The maximum absolute atomic E-state index is 12.0. The second kappa shape index (κ2) is 9.05. The van der Waals surface area contributed by atoms with Crippen molar-refractivity contribution in [3.63, 3.8) is 0 Å². The van der Waals surface area contributed by atoms with E-state index in [2.05, 4.69) is 32.3 Å². The number of nitrogens with zero attached hydrogens (tertiary/aromatic N) is 5. The molecular weight excluding hydrogens is 420 g/mol. The van der Waals surface area contributed by atoms with E-state index in [4.69, 9.17) is 16.3 Å². The van der Waals surface area contributed by atoms with Crippen molar-refractivity contribution < 1.29 is 9.66 Å². The van der Waals surface area contributed by atoms with Crippen LogP contribution < -0.4 is 19.9 Å². The number of nitro groups is 1. The fourth-order valence-corrected chi connectivity index (χ4v) is 3.75. The summed E-state index contributed by atoms with van der Waals surface area (Å²) in [6.07, 6.45) is 1.32. The van der Waals surface area contributed by atoms with Gasteiger partial charge in [0.2, 0.25) is 11.6 Å². The fourth-order valence-electron chi connectivity index (χ4n) is 3.58. The molecule has 0 bridgehead atoms. The number of para-hydroxylation sites is 1. The Bertz CT molecular complexity index is 1070. The molecule has 0 atom stereocenters. The molecule has 4 rings (SSSR count). The monoisotopic (exact) mass is 440 g/mol. The van der Waals surface area contributed by atoms with Gasteiger partial charge in [-0.15, -0.1) is 0 Å². The zero-order valence-corrected chi connectivity index (χ0v) is 17.6. The molecular formula is C21H21ClN6O3. The first-order chi connectivity index (χ1) is 15.1. The number of ether oxygens (including phenoxy) is 1. The highest BCUT2D eigenvalue weighted by Gasteiger charge is 2.29. The number of anilines is 4. The summed E-state index contributed by atoms with van der Waals surface area (Å²) >= 11 is 6.08. The van der Waals surface area contributed by atoms with E-state index < -0.39 is 4.92 Å². The van der Waals surface area contributed by atoms with Gasteiger partial charge in [0, 0.05) is 36.9 Å². The molecule has 1 N–H and O–H groups in total. The Labute approximate surface area is 184 Å². The Morgan fingerprint density at radius 2 is 1.77 bits per heavy atom. The first kappa shape index (κ1) is 20.7. The Kier molecular flexibility index (Phi) is 6.03. The SMILES string of the molecule is COc1ccc(Cl)cc1Nc1ncnc(N2CCN(c3ccccc3)CC2)c1[N+](=O)[O-]. The van der Waals surface area contributed by atoms with Crippen LogP contribution >= 0.6 is 11.6 Å². The second-order valence-electron chi connectivity index (χ2n) is 6.93. The maximum Gasteiger partial charge on any atom is 0.353 e. The third-order valence-corrected chi connectivity index (χ3v) is 5.34. The topological polar surface area (TPSA) is 96.7 Å². The van der Waals surface area contributed by atoms with Gasteiger partial charge in [0.15, 0.2) is 0 Å². The predicted molar refractivity (Wildman–Crippen MR) is 121 cm³/mol. The van der Waals surface area contributed by atoms with E-state index >= 15 is 0 Å². The van der Waals surface area contributed by atoms with Crippen molar-refractivity contribution in [2.24, 2.45) is 0 Å². The molecule has 1 aromatic heterocycles. The van der Waals surface area contributed by atoms with Gasteiger partial charge in [-0.2, -0.15) is 0 Å². The molecule has 0 radical (unpaired) electrons. The molecule has 9 nitrogen and oxygen atoms in total. The number of methoxy groups -OCH3 is 1. The smallest absolute Gasteiger partial charge is 0.353 e. The van der Waals surface area contributed by atoms with Gasteiger partial charge in [0.05, 0.1) is 17.7 Å². The molecule has 10 heteroatoms. The first-order valence-electron chi connectivity index (χ1n) is 9.71. The molecule has 1 saturated heterocycles. The summed E-state index contributed by atoms with van der Waals surface area (Å²) in [6, 6.07) is 15.1. The number of piperazine rings is 1. The molecule has 31 heavy (non-hydrogen) atoms. The van der Waals surface area contributed by atoms with Gasteiger partial charge in [-0.1, -0.05) is 29.8 Å². The molecule has 0 aliphatic carbocycles. The van der Waals surface area contributed by atoms with Crippen molar-refractivity contribution >= 4 is 40.3 Å². The van der Waals surface area contributed by atoms with Crippen molar-refractivity contribution in [1.82, 2.24) is 9.97 Å². The quantitative estimate of drug-likeness (QED) is 0.451. The molecule has 0 spiro atoms. The molecule has 2 aromatic carbocycles. The molecule has 0 unspecified atom stereocenters. The van der Waals surface area contributed by atoms with E-state index in [0.29, 0.717) is 29.5 Å². The zero-order chi connectivity index (χ0) is 21.8. The summed E-state index contributed by atoms with van der Waals surface area (Å²) in [5, 5.41) is 15.4. The molecule has 0 saturated carbocycles. The number of aromatic nitrogens is 2. The van der Waals surface area contributed by atoms with Gasteiger partial charge >= 0.3 is 5.69 Å². The van der Waals surface area contributed by atoms with Crippen LogP contribution in [0.3, 0.4) is 0 Å². The highest BCUT2D eigenvalue weighted by Crippen LogP contribution is 2.37. The lowest BCUT2D eigenvalue weighted by molar-refractivity contribution is -0.383. The van der Waals surface area contributed by atoms with Crippen LogP contribution in [0.25, 0.3) is 0 Å². The molecule has 2 heterocycles. The van der Waals surface area contributed by atoms with Gasteiger partial charge in [0.25, 0.3) is 0 Å². The summed E-state index contributed by atoms with van der Waals surface area (Å²) in [5.41, 5.74) is 1.43. The predicted octanol–water partition coefficient (Wildman–Crippen LogP) is 4.12. The van der Waals surface area contributed by atoms with E-state index in [0.717, 1.165) is 18.8 Å². The van der Waals surface area contributed by atoms with Gasteiger partial charge in [-0.3, -0.25) is 10.1 Å². The Morgan fingerprint density at radius 1 is 1.06 bits per heavy atom.